The Balaban J connectivity index is 2.32. The molecule has 1 heterocycles. The summed E-state index contributed by atoms with van der Waals surface area (Å²) in [6.45, 7) is 2.01. The highest BCUT2D eigenvalue weighted by molar-refractivity contribution is 6.17. The third kappa shape index (κ3) is 3.44. The van der Waals surface area contributed by atoms with Gasteiger partial charge in [0.1, 0.15) is 11.6 Å². The normalized spacial score (nSPS) is 11.4. The number of benzene rings is 1. The average molecular weight is 296 g/mol. The first-order valence-electron chi connectivity index (χ1n) is 6.89. The zero-order valence-corrected chi connectivity index (χ0v) is 13.2. The van der Waals surface area contributed by atoms with Crippen molar-refractivity contribution in [1.82, 2.24) is 14.5 Å². The minimum absolute atomic E-state index is 0.591. The maximum atomic E-state index is 5.89. The van der Waals surface area contributed by atoms with Crippen LogP contribution < -0.4 is 4.74 Å². The van der Waals surface area contributed by atoms with E-state index >= 15 is 0 Å². The van der Waals surface area contributed by atoms with Gasteiger partial charge in [-0.05, 0) is 39.2 Å². The molecule has 0 aliphatic heterocycles. The molecule has 4 nitrogen and oxygen atoms in total. The Bertz CT molecular complexity index is 565. The molecule has 2 aromatic rings. The van der Waals surface area contributed by atoms with Gasteiger partial charge in [-0.25, -0.2) is 4.98 Å². The lowest BCUT2D eigenvalue weighted by Crippen LogP contribution is -2.16. The molecule has 5 heteroatoms. The zero-order chi connectivity index (χ0) is 14.5. The van der Waals surface area contributed by atoms with E-state index in [2.05, 4.69) is 34.6 Å². The predicted octanol–water partition coefficient (Wildman–Crippen LogP) is 2.78. The molecule has 0 saturated carbocycles. The number of hydrogen-bond donors (Lipinski definition) is 0. The molecule has 110 valence electrons. The van der Waals surface area contributed by atoms with Crippen LogP contribution >= 0.6 is 11.6 Å². The summed E-state index contributed by atoms with van der Waals surface area (Å²) in [5.41, 5.74) is 2.14. The van der Waals surface area contributed by atoms with Gasteiger partial charge >= 0.3 is 0 Å². The first-order valence-corrected chi connectivity index (χ1v) is 7.43. The predicted molar refractivity (Wildman–Crippen MR) is 83.9 cm³/mol. The van der Waals surface area contributed by atoms with Gasteiger partial charge < -0.3 is 14.2 Å². The minimum atomic E-state index is 0.591. The fourth-order valence-electron chi connectivity index (χ4n) is 2.35. The standard InChI is InChI=1S/C15H22ClN3O/c1-18(2)9-4-10-19-14-11-12(20-3)5-6-13(14)17-15(19)7-8-16/h5-6,11H,4,7-10H2,1-3H3. The number of ether oxygens (including phenoxy) is 1. The number of methoxy groups -OCH3 is 1. The molecule has 0 N–H and O–H groups in total. The van der Waals surface area contributed by atoms with Crippen LogP contribution in [0.4, 0.5) is 0 Å². The number of aromatic nitrogens is 2. The zero-order valence-electron chi connectivity index (χ0n) is 12.4. The van der Waals surface area contributed by atoms with Crippen LogP contribution in [0, 0.1) is 0 Å². The molecule has 0 unspecified atom stereocenters. The van der Waals surface area contributed by atoms with E-state index in [0.717, 1.165) is 48.5 Å². The molecule has 0 fully saturated rings. The molecule has 2 rings (SSSR count). The summed E-state index contributed by atoms with van der Waals surface area (Å²) < 4.78 is 7.58. The summed E-state index contributed by atoms with van der Waals surface area (Å²) in [6.07, 6.45) is 1.88. The lowest BCUT2D eigenvalue weighted by Gasteiger charge is -2.12. The molecule has 0 amide bonds. The van der Waals surface area contributed by atoms with E-state index in [-0.39, 0.29) is 0 Å². The summed E-state index contributed by atoms with van der Waals surface area (Å²) in [7, 11) is 5.87. The SMILES string of the molecule is COc1ccc2nc(CCCl)n(CCCN(C)C)c2c1. The fraction of sp³-hybridized carbons (Fsp3) is 0.533. The minimum Gasteiger partial charge on any atom is -0.497 e. The van der Waals surface area contributed by atoms with Gasteiger partial charge in [0.15, 0.2) is 0 Å². The van der Waals surface area contributed by atoms with Crippen molar-refractivity contribution in [3.63, 3.8) is 0 Å². The summed E-state index contributed by atoms with van der Waals surface area (Å²) in [4.78, 5) is 6.88. The Morgan fingerprint density at radius 1 is 1.35 bits per heavy atom. The van der Waals surface area contributed by atoms with Crippen molar-refractivity contribution >= 4 is 22.6 Å². The lowest BCUT2D eigenvalue weighted by atomic mass is 10.3. The molecular formula is C15H22ClN3O. The van der Waals surface area contributed by atoms with E-state index in [1.807, 2.05) is 12.1 Å². The number of alkyl halides is 1. The van der Waals surface area contributed by atoms with Crippen molar-refractivity contribution in [2.75, 3.05) is 33.6 Å². The van der Waals surface area contributed by atoms with E-state index in [1.165, 1.54) is 0 Å². The molecule has 1 aromatic carbocycles. The van der Waals surface area contributed by atoms with Crippen LogP contribution in [0.3, 0.4) is 0 Å². The molecule has 0 spiro atoms. The van der Waals surface area contributed by atoms with Gasteiger partial charge in [-0.15, -0.1) is 11.6 Å². The second-order valence-corrected chi connectivity index (χ2v) is 5.51. The van der Waals surface area contributed by atoms with Crippen LogP contribution in [0.15, 0.2) is 18.2 Å². The Morgan fingerprint density at radius 3 is 2.80 bits per heavy atom. The second-order valence-electron chi connectivity index (χ2n) is 5.13. The van der Waals surface area contributed by atoms with Crippen LogP contribution in [-0.4, -0.2) is 48.1 Å². The number of nitrogens with zero attached hydrogens (tertiary/aromatic N) is 3. The van der Waals surface area contributed by atoms with Gasteiger partial charge in [-0.1, -0.05) is 0 Å². The molecule has 1 aromatic heterocycles. The molecule has 0 atom stereocenters. The molecule has 0 radical (unpaired) electrons. The monoisotopic (exact) mass is 295 g/mol. The van der Waals surface area contributed by atoms with Crippen molar-refractivity contribution in [2.45, 2.75) is 19.4 Å². The van der Waals surface area contributed by atoms with Crippen LogP contribution in [0.2, 0.25) is 0 Å². The Hall–Kier alpha value is -1.26. The number of halogens is 1. The van der Waals surface area contributed by atoms with E-state index in [0.29, 0.717) is 5.88 Å². The number of hydrogen-bond acceptors (Lipinski definition) is 3. The Kier molecular flexibility index (Phi) is 5.26. The van der Waals surface area contributed by atoms with Crippen LogP contribution in [-0.2, 0) is 13.0 Å². The van der Waals surface area contributed by atoms with Gasteiger partial charge in [0.05, 0.1) is 18.1 Å². The van der Waals surface area contributed by atoms with Crippen LogP contribution in [0.25, 0.3) is 11.0 Å². The highest BCUT2D eigenvalue weighted by Gasteiger charge is 2.11. The van der Waals surface area contributed by atoms with Crippen molar-refractivity contribution in [3.05, 3.63) is 24.0 Å². The maximum absolute atomic E-state index is 5.89. The van der Waals surface area contributed by atoms with Gasteiger partial charge in [0.2, 0.25) is 0 Å². The number of imidazole rings is 1. The van der Waals surface area contributed by atoms with E-state index in [4.69, 9.17) is 16.3 Å². The molecular weight excluding hydrogens is 274 g/mol. The molecule has 0 saturated heterocycles. The first-order chi connectivity index (χ1) is 9.65. The fourth-order valence-corrected chi connectivity index (χ4v) is 2.52. The summed E-state index contributed by atoms with van der Waals surface area (Å²) in [6, 6.07) is 6.01. The highest BCUT2D eigenvalue weighted by atomic mass is 35.5. The highest BCUT2D eigenvalue weighted by Crippen LogP contribution is 2.22. The van der Waals surface area contributed by atoms with Crippen LogP contribution in [0.5, 0.6) is 5.75 Å². The Morgan fingerprint density at radius 2 is 2.15 bits per heavy atom. The summed E-state index contributed by atoms with van der Waals surface area (Å²) in [5.74, 6) is 2.51. The van der Waals surface area contributed by atoms with Crippen molar-refractivity contribution < 1.29 is 4.74 Å². The summed E-state index contributed by atoms with van der Waals surface area (Å²) in [5, 5.41) is 0. The lowest BCUT2D eigenvalue weighted by molar-refractivity contribution is 0.386. The topological polar surface area (TPSA) is 30.3 Å². The largest absolute Gasteiger partial charge is 0.497 e. The number of aryl methyl sites for hydroxylation is 2. The van der Waals surface area contributed by atoms with E-state index in [9.17, 15) is 0 Å². The molecule has 0 aliphatic rings. The van der Waals surface area contributed by atoms with Gasteiger partial charge in [0.25, 0.3) is 0 Å². The van der Waals surface area contributed by atoms with Gasteiger partial charge in [-0.3, -0.25) is 0 Å². The van der Waals surface area contributed by atoms with Gasteiger partial charge in [-0.2, -0.15) is 0 Å². The molecule has 20 heavy (non-hydrogen) atoms. The van der Waals surface area contributed by atoms with Crippen molar-refractivity contribution in [1.29, 1.82) is 0 Å². The smallest absolute Gasteiger partial charge is 0.121 e. The van der Waals surface area contributed by atoms with Gasteiger partial charge in [0, 0.05) is 24.9 Å². The average Bonchev–Trinajstić information content (AvgIpc) is 2.76. The number of rotatable bonds is 7. The summed E-state index contributed by atoms with van der Waals surface area (Å²) >= 11 is 5.89. The first kappa shape index (κ1) is 15.1. The third-order valence-corrected chi connectivity index (χ3v) is 3.53. The van der Waals surface area contributed by atoms with Crippen LogP contribution in [0.1, 0.15) is 12.2 Å². The molecule has 0 aliphatic carbocycles. The second kappa shape index (κ2) is 6.95. The van der Waals surface area contributed by atoms with E-state index < -0.39 is 0 Å². The van der Waals surface area contributed by atoms with E-state index in [1.54, 1.807) is 7.11 Å². The van der Waals surface area contributed by atoms with Crippen molar-refractivity contribution in [3.8, 4) is 5.75 Å². The molecule has 0 bridgehead atoms. The maximum Gasteiger partial charge on any atom is 0.121 e. The van der Waals surface area contributed by atoms with Crippen molar-refractivity contribution in [2.24, 2.45) is 0 Å². The quantitative estimate of drug-likeness (QED) is 0.736. The third-order valence-electron chi connectivity index (χ3n) is 3.34. The Labute approximate surface area is 125 Å². The number of fused-ring (bicyclic) bond motifs is 1.